The molecule has 6 aromatic rings. The van der Waals surface area contributed by atoms with E-state index in [1.54, 1.807) is 11.3 Å². The van der Waals surface area contributed by atoms with Crippen LogP contribution >= 0.6 is 11.3 Å². The van der Waals surface area contributed by atoms with Crippen LogP contribution in [-0.2, 0) is 0 Å². The Morgan fingerprint density at radius 2 is 1.54 bits per heavy atom. The van der Waals surface area contributed by atoms with Crippen molar-refractivity contribution in [2.45, 2.75) is 0 Å². The summed E-state index contributed by atoms with van der Waals surface area (Å²) in [6.07, 6.45) is 1.84. The first kappa shape index (κ1) is 15.6. The van der Waals surface area contributed by atoms with E-state index in [4.69, 9.17) is 0 Å². The second-order valence-corrected chi connectivity index (χ2v) is 7.86. The molecule has 0 fully saturated rings. The zero-order chi connectivity index (χ0) is 18.5. The van der Waals surface area contributed by atoms with Crippen LogP contribution in [0.25, 0.3) is 48.8 Å². The summed E-state index contributed by atoms with van der Waals surface area (Å²) in [7, 11) is 0. The van der Waals surface area contributed by atoms with E-state index in [-0.39, 0.29) is 0 Å². The number of pyridine rings is 1. The maximum absolute atomic E-state index is 4.47. The van der Waals surface area contributed by atoms with Crippen LogP contribution in [0.5, 0.6) is 0 Å². The van der Waals surface area contributed by atoms with Gasteiger partial charge in [0, 0.05) is 38.3 Å². The monoisotopic (exact) mass is 376 g/mol. The van der Waals surface area contributed by atoms with Gasteiger partial charge in [-0.1, -0.05) is 42.5 Å². The highest BCUT2D eigenvalue weighted by molar-refractivity contribution is 7.17. The third-order valence-electron chi connectivity index (χ3n) is 5.35. The fourth-order valence-electron chi connectivity index (χ4n) is 4.09. The third kappa shape index (κ3) is 2.23. The van der Waals surface area contributed by atoms with Gasteiger partial charge in [0.25, 0.3) is 0 Å². The van der Waals surface area contributed by atoms with E-state index in [0.29, 0.717) is 0 Å². The summed E-state index contributed by atoms with van der Waals surface area (Å²) >= 11 is 1.79. The van der Waals surface area contributed by atoms with Crippen LogP contribution in [-0.4, -0.2) is 9.55 Å². The average molecular weight is 376 g/mol. The highest BCUT2D eigenvalue weighted by Crippen LogP contribution is 2.38. The number of aromatic nitrogens is 2. The van der Waals surface area contributed by atoms with Crippen molar-refractivity contribution in [1.82, 2.24) is 9.55 Å². The minimum Gasteiger partial charge on any atom is -0.309 e. The Labute approximate surface area is 166 Å². The highest BCUT2D eigenvalue weighted by Gasteiger charge is 2.15. The van der Waals surface area contributed by atoms with E-state index in [1.807, 2.05) is 24.4 Å². The Hall–Kier alpha value is -3.43. The van der Waals surface area contributed by atoms with Crippen LogP contribution in [0.15, 0.2) is 96.5 Å². The Bertz CT molecular complexity index is 1440. The Balaban J connectivity index is 1.66. The van der Waals surface area contributed by atoms with E-state index < -0.39 is 0 Å². The van der Waals surface area contributed by atoms with Crippen LogP contribution in [0.1, 0.15) is 0 Å². The molecule has 0 spiro atoms. The van der Waals surface area contributed by atoms with Gasteiger partial charge in [-0.05, 0) is 47.8 Å². The van der Waals surface area contributed by atoms with Gasteiger partial charge in [-0.15, -0.1) is 11.3 Å². The molecule has 0 saturated carbocycles. The second-order valence-electron chi connectivity index (χ2n) is 6.91. The van der Waals surface area contributed by atoms with Crippen molar-refractivity contribution in [3.05, 3.63) is 96.5 Å². The molecule has 3 heteroatoms. The molecule has 0 aliphatic heterocycles. The summed E-state index contributed by atoms with van der Waals surface area (Å²) in [5.74, 6) is 0. The quantitative estimate of drug-likeness (QED) is 0.316. The van der Waals surface area contributed by atoms with Crippen molar-refractivity contribution in [3.63, 3.8) is 0 Å². The molecule has 132 valence electrons. The van der Waals surface area contributed by atoms with Gasteiger partial charge in [0.1, 0.15) is 0 Å². The lowest BCUT2D eigenvalue weighted by Gasteiger charge is -2.10. The molecule has 2 nitrogen and oxygen atoms in total. The lowest BCUT2D eigenvalue weighted by molar-refractivity contribution is 1.19. The number of nitrogens with zero attached hydrogens (tertiary/aromatic N) is 2. The lowest BCUT2D eigenvalue weighted by Crippen LogP contribution is -1.94. The van der Waals surface area contributed by atoms with Gasteiger partial charge >= 0.3 is 0 Å². The SMILES string of the molecule is c1ccc(-c2ccc(-n3c4ccccc4c4ccc5sccc5c43)cc2)nc1. The minimum absolute atomic E-state index is 0.997. The van der Waals surface area contributed by atoms with E-state index in [9.17, 15) is 0 Å². The van der Waals surface area contributed by atoms with Crippen LogP contribution in [0.2, 0.25) is 0 Å². The van der Waals surface area contributed by atoms with E-state index in [1.165, 1.54) is 37.6 Å². The molecule has 6 rings (SSSR count). The molecule has 3 aromatic heterocycles. The molecule has 0 amide bonds. The van der Waals surface area contributed by atoms with Gasteiger partial charge in [0.15, 0.2) is 0 Å². The van der Waals surface area contributed by atoms with Gasteiger partial charge in [-0.25, -0.2) is 0 Å². The summed E-state index contributed by atoms with van der Waals surface area (Å²) in [4.78, 5) is 4.47. The smallest absolute Gasteiger partial charge is 0.0701 e. The van der Waals surface area contributed by atoms with Crippen LogP contribution in [0, 0.1) is 0 Å². The first-order valence-electron chi connectivity index (χ1n) is 9.31. The topological polar surface area (TPSA) is 17.8 Å². The molecular formula is C25H16N2S. The zero-order valence-corrected chi connectivity index (χ0v) is 15.9. The second kappa shape index (κ2) is 6.04. The minimum atomic E-state index is 0.997. The third-order valence-corrected chi connectivity index (χ3v) is 6.23. The molecule has 0 unspecified atom stereocenters. The van der Waals surface area contributed by atoms with Gasteiger partial charge < -0.3 is 4.57 Å². The fraction of sp³-hybridized carbons (Fsp3) is 0. The van der Waals surface area contributed by atoms with Crippen LogP contribution in [0.4, 0.5) is 0 Å². The molecule has 3 heterocycles. The van der Waals surface area contributed by atoms with Crippen molar-refractivity contribution in [3.8, 4) is 16.9 Å². The summed E-state index contributed by atoms with van der Waals surface area (Å²) in [6.45, 7) is 0. The normalized spacial score (nSPS) is 11.6. The molecular weight excluding hydrogens is 360 g/mol. The van der Waals surface area contributed by atoms with Crippen molar-refractivity contribution in [2.75, 3.05) is 0 Å². The molecule has 3 aromatic carbocycles. The number of hydrogen-bond donors (Lipinski definition) is 0. The number of para-hydroxylation sites is 1. The number of fused-ring (bicyclic) bond motifs is 5. The lowest BCUT2D eigenvalue weighted by atomic mass is 10.1. The highest BCUT2D eigenvalue weighted by atomic mass is 32.1. The molecule has 0 N–H and O–H groups in total. The van der Waals surface area contributed by atoms with Crippen LogP contribution in [0.3, 0.4) is 0 Å². The van der Waals surface area contributed by atoms with E-state index in [0.717, 1.165) is 11.3 Å². The summed E-state index contributed by atoms with van der Waals surface area (Å²) < 4.78 is 3.71. The van der Waals surface area contributed by atoms with Gasteiger partial charge in [-0.2, -0.15) is 0 Å². The number of benzene rings is 3. The van der Waals surface area contributed by atoms with Crippen molar-refractivity contribution in [1.29, 1.82) is 0 Å². The molecule has 28 heavy (non-hydrogen) atoms. The first-order valence-corrected chi connectivity index (χ1v) is 10.2. The number of rotatable bonds is 2. The number of hydrogen-bond acceptors (Lipinski definition) is 2. The van der Waals surface area contributed by atoms with Crippen molar-refractivity contribution < 1.29 is 0 Å². The van der Waals surface area contributed by atoms with Crippen molar-refractivity contribution in [2.24, 2.45) is 0 Å². The predicted molar refractivity (Wildman–Crippen MR) is 119 cm³/mol. The summed E-state index contributed by atoms with van der Waals surface area (Å²) in [6, 6.07) is 30.1. The fourth-order valence-corrected chi connectivity index (χ4v) is 4.88. The largest absolute Gasteiger partial charge is 0.309 e. The molecule has 0 aliphatic carbocycles. The molecule has 0 saturated heterocycles. The molecule has 0 bridgehead atoms. The standard InChI is InChI=1S/C25H16N2S/c1-2-7-23-19(5-1)20-12-13-24-21(14-16-28-24)25(20)27(23)18-10-8-17(9-11-18)22-6-3-4-15-26-22/h1-16H. The Kier molecular flexibility index (Phi) is 3.37. The maximum atomic E-state index is 4.47. The van der Waals surface area contributed by atoms with E-state index >= 15 is 0 Å². The summed E-state index contributed by atoms with van der Waals surface area (Å²) in [5, 5.41) is 6.08. The molecule has 0 radical (unpaired) electrons. The zero-order valence-electron chi connectivity index (χ0n) is 15.0. The predicted octanol–water partition coefficient (Wildman–Crippen LogP) is 7.06. The molecule has 0 aliphatic rings. The number of thiophene rings is 1. The van der Waals surface area contributed by atoms with Gasteiger partial charge in [0.2, 0.25) is 0 Å². The Morgan fingerprint density at radius 3 is 2.39 bits per heavy atom. The van der Waals surface area contributed by atoms with Gasteiger partial charge in [-0.3, -0.25) is 4.98 Å². The van der Waals surface area contributed by atoms with Crippen molar-refractivity contribution >= 4 is 43.2 Å². The first-order chi connectivity index (χ1) is 13.9. The maximum Gasteiger partial charge on any atom is 0.0701 e. The van der Waals surface area contributed by atoms with E-state index in [2.05, 4.69) is 81.7 Å². The van der Waals surface area contributed by atoms with Gasteiger partial charge in [0.05, 0.1) is 16.7 Å². The Morgan fingerprint density at radius 1 is 0.679 bits per heavy atom. The molecule has 0 atom stereocenters. The average Bonchev–Trinajstić information content (AvgIpc) is 3.37. The summed E-state index contributed by atoms with van der Waals surface area (Å²) in [5.41, 5.74) is 5.82. The van der Waals surface area contributed by atoms with Crippen LogP contribution < -0.4 is 0 Å².